The van der Waals surface area contributed by atoms with Gasteiger partial charge in [-0.1, -0.05) is 6.07 Å². The predicted octanol–water partition coefficient (Wildman–Crippen LogP) is 2.53. The zero-order valence-electron chi connectivity index (χ0n) is 9.62. The summed E-state index contributed by atoms with van der Waals surface area (Å²) in [6.07, 6.45) is 0. The highest BCUT2D eigenvalue weighted by Gasteiger charge is 2.02. The van der Waals surface area contributed by atoms with E-state index in [-0.39, 0.29) is 0 Å². The van der Waals surface area contributed by atoms with Crippen LogP contribution in [0.15, 0.2) is 24.3 Å². The van der Waals surface area contributed by atoms with Crippen LogP contribution in [-0.4, -0.2) is 26.4 Å². The fourth-order valence-electron chi connectivity index (χ4n) is 1.33. The first-order valence-electron chi connectivity index (χ1n) is 5.24. The smallest absolute Gasteiger partial charge is 0.120 e. The first-order valence-corrected chi connectivity index (χ1v) is 5.24. The maximum atomic E-state index is 5.33. The van der Waals surface area contributed by atoms with Crippen molar-refractivity contribution in [2.75, 3.05) is 25.6 Å². The molecule has 1 aromatic rings. The SMILES string of the molecule is CCOCC(C)Nc1cccc(OC)c1. The zero-order chi connectivity index (χ0) is 11.1. The Morgan fingerprint density at radius 1 is 1.40 bits per heavy atom. The number of hydrogen-bond donors (Lipinski definition) is 1. The van der Waals surface area contributed by atoms with E-state index in [1.54, 1.807) is 7.11 Å². The second kappa shape index (κ2) is 6.30. The molecule has 0 amide bonds. The van der Waals surface area contributed by atoms with Gasteiger partial charge in [-0.2, -0.15) is 0 Å². The van der Waals surface area contributed by atoms with E-state index in [1.807, 2.05) is 31.2 Å². The first-order chi connectivity index (χ1) is 7.26. The van der Waals surface area contributed by atoms with Crippen molar-refractivity contribution >= 4 is 5.69 Å². The van der Waals surface area contributed by atoms with Crippen molar-refractivity contribution in [3.63, 3.8) is 0 Å². The van der Waals surface area contributed by atoms with Gasteiger partial charge in [0.25, 0.3) is 0 Å². The molecule has 84 valence electrons. The summed E-state index contributed by atoms with van der Waals surface area (Å²) >= 11 is 0. The van der Waals surface area contributed by atoms with Crippen molar-refractivity contribution in [2.45, 2.75) is 19.9 Å². The Hall–Kier alpha value is -1.22. The van der Waals surface area contributed by atoms with Crippen LogP contribution >= 0.6 is 0 Å². The van der Waals surface area contributed by atoms with E-state index in [0.717, 1.165) is 18.0 Å². The number of rotatable bonds is 6. The molecule has 0 saturated heterocycles. The Morgan fingerprint density at radius 2 is 2.20 bits per heavy atom. The third-order valence-electron chi connectivity index (χ3n) is 2.05. The molecule has 1 N–H and O–H groups in total. The van der Waals surface area contributed by atoms with Crippen LogP contribution in [-0.2, 0) is 4.74 Å². The molecule has 0 aliphatic carbocycles. The van der Waals surface area contributed by atoms with Crippen LogP contribution in [0.5, 0.6) is 5.75 Å². The van der Waals surface area contributed by atoms with Crippen LogP contribution in [0.2, 0.25) is 0 Å². The van der Waals surface area contributed by atoms with Crippen LogP contribution < -0.4 is 10.1 Å². The minimum absolute atomic E-state index is 0.303. The van der Waals surface area contributed by atoms with Crippen molar-refractivity contribution < 1.29 is 9.47 Å². The van der Waals surface area contributed by atoms with Gasteiger partial charge in [0, 0.05) is 24.4 Å². The topological polar surface area (TPSA) is 30.5 Å². The molecule has 0 aliphatic heterocycles. The molecule has 0 radical (unpaired) electrons. The third-order valence-corrected chi connectivity index (χ3v) is 2.05. The summed E-state index contributed by atoms with van der Waals surface area (Å²) in [5.74, 6) is 0.864. The number of hydrogen-bond acceptors (Lipinski definition) is 3. The highest BCUT2D eigenvalue weighted by molar-refractivity contribution is 5.48. The molecule has 1 rings (SSSR count). The molecule has 3 heteroatoms. The van der Waals surface area contributed by atoms with E-state index in [9.17, 15) is 0 Å². The van der Waals surface area contributed by atoms with Gasteiger partial charge in [0.05, 0.1) is 13.7 Å². The van der Waals surface area contributed by atoms with Crippen molar-refractivity contribution in [1.82, 2.24) is 0 Å². The molecule has 0 aromatic heterocycles. The fourth-order valence-corrected chi connectivity index (χ4v) is 1.33. The van der Waals surface area contributed by atoms with E-state index in [4.69, 9.17) is 9.47 Å². The monoisotopic (exact) mass is 209 g/mol. The lowest BCUT2D eigenvalue weighted by molar-refractivity contribution is 0.141. The van der Waals surface area contributed by atoms with Gasteiger partial charge in [-0.25, -0.2) is 0 Å². The number of nitrogens with one attached hydrogen (secondary N) is 1. The standard InChI is InChI=1S/C12H19NO2/c1-4-15-9-10(2)13-11-6-5-7-12(8-11)14-3/h5-8,10,13H,4,9H2,1-3H3. The molecule has 1 aromatic carbocycles. The van der Waals surface area contributed by atoms with E-state index in [2.05, 4.69) is 12.2 Å². The molecule has 0 heterocycles. The maximum Gasteiger partial charge on any atom is 0.120 e. The van der Waals surface area contributed by atoms with Crippen LogP contribution in [0.4, 0.5) is 5.69 Å². The van der Waals surface area contributed by atoms with Crippen molar-refractivity contribution in [3.8, 4) is 5.75 Å². The summed E-state index contributed by atoms with van der Waals surface area (Å²) in [4.78, 5) is 0. The minimum atomic E-state index is 0.303. The van der Waals surface area contributed by atoms with E-state index in [1.165, 1.54) is 0 Å². The number of ether oxygens (including phenoxy) is 2. The van der Waals surface area contributed by atoms with Gasteiger partial charge in [0.15, 0.2) is 0 Å². The van der Waals surface area contributed by atoms with E-state index in [0.29, 0.717) is 12.6 Å². The molecule has 3 nitrogen and oxygen atoms in total. The fraction of sp³-hybridized carbons (Fsp3) is 0.500. The van der Waals surface area contributed by atoms with Crippen LogP contribution in [0, 0.1) is 0 Å². The molecular formula is C12H19NO2. The zero-order valence-corrected chi connectivity index (χ0v) is 9.62. The highest BCUT2D eigenvalue weighted by Crippen LogP contribution is 2.17. The Labute approximate surface area is 91.4 Å². The average Bonchev–Trinajstić information content (AvgIpc) is 2.26. The summed E-state index contributed by atoms with van der Waals surface area (Å²) in [5.41, 5.74) is 1.06. The lowest BCUT2D eigenvalue weighted by atomic mass is 10.2. The van der Waals surface area contributed by atoms with Gasteiger partial charge in [-0.05, 0) is 26.0 Å². The summed E-state index contributed by atoms with van der Waals surface area (Å²) in [6, 6.07) is 8.19. The molecule has 0 fully saturated rings. The van der Waals surface area contributed by atoms with Gasteiger partial charge < -0.3 is 14.8 Å². The number of benzene rings is 1. The average molecular weight is 209 g/mol. The maximum absolute atomic E-state index is 5.33. The summed E-state index contributed by atoms with van der Waals surface area (Å²) in [7, 11) is 1.67. The van der Waals surface area contributed by atoms with Gasteiger partial charge in [0.2, 0.25) is 0 Å². The predicted molar refractivity (Wildman–Crippen MR) is 62.6 cm³/mol. The molecule has 1 atom stereocenters. The number of anilines is 1. The van der Waals surface area contributed by atoms with Crippen LogP contribution in [0.3, 0.4) is 0 Å². The van der Waals surface area contributed by atoms with Crippen molar-refractivity contribution in [1.29, 1.82) is 0 Å². The Balaban J connectivity index is 2.48. The Kier molecular flexibility index (Phi) is 4.98. The first kappa shape index (κ1) is 11.9. The second-order valence-electron chi connectivity index (χ2n) is 3.44. The van der Waals surface area contributed by atoms with Crippen LogP contribution in [0.25, 0.3) is 0 Å². The largest absolute Gasteiger partial charge is 0.497 e. The molecule has 1 unspecified atom stereocenters. The Morgan fingerprint density at radius 3 is 2.87 bits per heavy atom. The lowest BCUT2D eigenvalue weighted by Gasteiger charge is -2.15. The van der Waals surface area contributed by atoms with Gasteiger partial charge in [-0.3, -0.25) is 0 Å². The molecule has 0 spiro atoms. The molecule has 0 bridgehead atoms. The number of methoxy groups -OCH3 is 1. The normalized spacial score (nSPS) is 12.2. The highest BCUT2D eigenvalue weighted by atomic mass is 16.5. The molecule has 0 aliphatic rings. The summed E-state index contributed by atoms with van der Waals surface area (Å²) in [5, 5.41) is 3.35. The van der Waals surface area contributed by atoms with Gasteiger partial charge in [0.1, 0.15) is 5.75 Å². The summed E-state index contributed by atoms with van der Waals surface area (Å²) < 4.78 is 10.5. The van der Waals surface area contributed by atoms with E-state index < -0.39 is 0 Å². The minimum Gasteiger partial charge on any atom is -0.497 e. The molecule has 15 heavy (non-hydrogen) atoms. The molecular weight excluding hydrogens is 190 g/mol. The van der Waals surface area contributed by atoms with E-state index >= 15 is 0 Å². The van der Waals surface area contributed by atoms with Crippen molar-refractivity contribution in [3.05, 3.63) is 24.3 Å². The van der Waals surface area contributed by atoms with Crippen molar-refractivity contribution in [2.24, 2.45) is 0 Å². The summed E-state index contributed by atoms with van der Waals surface area (Å²) in [6.45, 7) is 5.56. The Bertz CT molecular complexity index is 289. The quantitative estimate of drug-likeness (QED) is 0.781. The second-order valence-corrected chi connectivity index (χ2v) is 3.44. The molecule has 0 saturated carbocycles. The third kappa shape index (κ3) is 4.21. The lowest BCUT2D eigenvalue weighted by Crippen LogP contribution is -2.21. The van der Waals surface area contributed by atoms with Crippen LogP contribution in [0.1, 0.15) is 13.8 Å². The van der Waals surface area contributed by atoms with Gasteiger partial charge in [-0.15, -0.1) is 0 Å². The van der Waals surface area contributed by atoms with Gasteiger partial charge >= 0.3 is 0 Å².